The van der Waals surface area contributed by atoms with E-state index in [0.29, 0.717) is 23.9 Å². The van der Waals surface area contributed by atoms with Crippen molar-refractivity contribution < 1.29 is 14.7 Å². The zero-order chi connectivity index (χ0) is 15.4. The molecule has 2 N–H and O–H groups in total. The number of aromatic nitrogens is 2. The van der Waals surface area contributed by atoms with Gasteiger partial charge in [-0.25, -0.2) is 9.78 Å². The van der Waals surface area contributed by atoms with Crippen molar-refractivity contribution in [1.82, 2.24) is 14.9 Å². The minimum atomic E-state index is -1.11. The number of aliphatic carboxylic acids is 1. The van der Waals surface area contributed by atoms with Gasteiger partial charge in [0.15, 0.2) is 5.16 Å². The van der Waals surface area contributed by atoms with E-state index in [-0.39, 0.29) is 5.56 Å². The average Bonchev–Trinajstić information content (AvgIpc) is 2.92. The number of amides is 1. The van der Waals surface area contributed by atoms with Crippen molar-refractivity contribution in [1.29, 1.82) is 0 Å². The van der Waals surface area contributed by atoms with E-state index < -0.39 is 23.5 Å². The van der Waals surface area contributed by atoms with Gasteiger partial charge in [-0.3, -0.25) is 14.2 Å². The minimum absolute atomic E-state index is 0.114. The monoisotopic (exact) mass is 329 g/mol. The number of carbonyl (C=O) groups is 2. The van der Waals surface area contributed by atoms with Gasteiger partial charge in [-0.2, -0.15) is 11.8 Å². The Kier molecular flexibility index (Phi) is 5.29. The van der Waals surface area contributed by atoms with Crippen LogP contribution in [0, 0.1) is 0 Å². The Balaban J connectivity index is 2.16. The van der Waals surface area contributed by atoms with Crippen molar-refractivity contribution in [2.45, 2.75) is 24.2 Å². The summed E-state index contributed by atoms with van der Waals surface area (Å²) >= 11 is 2.95. The quantitative estimate of drug-likeness (QED) is 0.723. The van der Waals surface area contributed by atoms with Crippen LogP contribution in [0.15, 0.2) is 16.1 Å². The molecule has 114 valence electrons. The average molecular weight is 329 g/mol. The lowest BCUT2D eigenvalue weighted by Gasteiger charge is -2.14. The van der Waals surface area contributed by atoms with Gasteiger partial charge < -0.3 is 10.4 Å². The first-order chi connectivity index (χ1) is 10.0. The summed E-state index contributed by atoms with van der Waals surface area (Å²) in [5, 5.41) is 12.1. The molecule has 0 saturated carbocycles. The van der Waals surface area contributed by atoms with E-state index in [1.165, 1.54) is 34.3 Å². The fourth-order valence-electron chi connectivity index (χ4n) is 1.90. The lowest BCUT2D eigenvalue weighted by Crippen LogP contribution is -2.43. The van der Waals surface area contributed by atoms with Crippen molar-refractivity contribution in [2.75, 3.05) is 17.8 Å². The van der Waals surface area contributed by atoms with Crippen molar-refractivity contribution >= 4 is 35.4 Å². The van der Waals surface area contributed by atoms with Gasteiger partial charge in [0.05, 0.1) is 0 Å². The summed E-state index contributed by atoms with van der Waals surface area (Å²) in [7, 11) is 0. The van der Waals surface area contributed by atoms with E-state index in [0.717, 1.165) is 5.75 Å². The van der Waals surface area contributed by atoms with Crippen LogP contribution >= 0.6 is 23.5 Å². The predicted molar refractivity (Wildman–Crippen MR) is 81.1 cm³/mol. The molecule has 0 fully saturated rings. The summed E-state index contributed by atoms with van der Waals surface area (Å²) in [6.45, 7) is 0.516. The Labute approximate surface area is 129 Å². The second-order valence-corrected chi connectivity index (χ2v) is 6.45. The number of nitrogens with zero attached hydrogens (tertiary/aromatic N) is 2. The maximum absolute atomic E-state index is 12.2. The van der Waals surface area contributed by atoms with E-state index in [1.54, 1.807) is 0 Å². The summed E-state index contributed by atoms with van der Waals surface area (Å²) in [5.41, 5.74) is -0.534. The molecule has 0 aliphatic carbocycles. The largest absolute Gasteiger partial charge is 0.480 e. The molecule has 2 rings (SSSR count). The van der Waals surface area contributed by atoms with Crippen LogP contribution in [0.3, 0.4) is 0 Å². The molecule has 0 bridgehead atoms. The first-order valence-corrected chi connectivity index (χ1v) is 8.67. The molecular formula is C12H15N3O4S2. The number of hydrogen-bond donors (Lipinski definition) is 2. The zero-order valence-electron chi connectivity index (χ0n) is 11.4. The van der Waals surface area contributed by atoms with Crippen LogP contribution in [-0.4, -0.2) is 50.3 Å². The molecule has 9 heteroatoms. The molecule has 21 heavy (non-hydrogen) atoms. The number of fused-ring (bicyclic) bond motifs is 1. The fraction of sp³-hybridized carbons (Fsp3) is 0.500. The highest BCUT2D eigenvalue weighted by Gasteiger charge is 2.24. The Morgan fingerprint density at radius 3 is 3.05 bits per heavy atom. The molecular weight excluding hydrogens is 314 g/mol. The van der Waals surface area contributed by atoms with E-state index in [9.17, 15) is 14.4 Å². The van der Waals surface area contributed by atoms with Crippen molar-refractivity contribution in [3.63, 3.8) is 0 Å². The van der Waals surface area contributed by atoms with E-state index in [1.807, 2.05) is 6.26 Å². The van der Waals surface area contributed by atoms with Gasteiger partial charge >= 0.3 is 5.97 Å². The molecule has 1 aromatic heterocycles. The molecule has 0 unspecified atom stereocenters. The van der Waals surface area contributed by atoms with Gasteiger partial charge in [-0.05, 0) is 18.4 Å². The summed E-state index contributed by atoms with van der Waals surface area (Å²) in [6.07, 6.45) is 3.38. The number of carbonyl (C=O) groups excluding carboxylic acids is 1. The lowest BCUT2D eigenvalue weighted by molar-refractivity contribution is -0.139. The summed E-state index contributed by atoms with van der Waals surface area (Å²) in [6, 6.07) is -1.00. The van der Waals surface area contributed by atoms with Gasteiger partial charge in [-0.1, -0.05) is 11.8 Å². The third-order valence-electron chi connectivity index (χ3n) is 3.02. The fourth-order valence-corrected chi connectivity index (χ4v) is 3.29. The number of hydrogen-bond acceptors (Lipinski definition) is 6. The van der Waals surface area contributed by atoms with E-state index >= 15 is 0 Å². The highest BCUT2D eigenvalue weighted by molar-refractivity contribution is 7.99. The van der Waals surface area contributed by atoms with Crippen molar-refractivity contribution in [3.05, 3.63) is 22.1 Å². The highest BCUT2D eigenvalue weighted by atomic mass is 32.2. The lowest BCUT2D eigenvalue weighted by atomic mass is 10.2. The molecule has 1 aromatic rings. The number of nitrogens with one attached hydrogen (secondary N) is 1. The summed E-state index contributed by atoms with van der Waals surface area (Å²) in [5.74, 6) is -0.441. The SMILES string of the molecule is CSCC[C@@H](NC(=O)c1cnc2n(c1=O)CCS2)C(=O)O. The van der Waals surface area contributed by atoms with Crippen LogP contribution < -0.4 is 10.9 Å². The first-order valence-electron chi connectivity index (χ1n) is 6.30. The van der Waals surface area contributed by atoms with Gasteiger partial charge in [0.1, 0.15) is 11.6 Å². The van der Waals surface area contributed by atoms with Crippen molar-refractivity contribution in [3.8, 4) is 0 Å². The number of carboxylic acid groups (broad SMARTS) is 1. The molecule has 2 heterocycles. The van der Waals surface area contributed by atoms with Gasteiger partial charge in [-0.15, -0.1) is 0 Å². The van der Waals surface area contributed by atoms with Gasteiger partial charge in [0, 0.05) is 18.5 Å². The maximum atomic E-state index is 12.2. The summed E-state index contributed by atoms with van der Waals surface area (Å²) < 4.78 is 1.44. The third kappa shape index (κ3) is 3.59. The topological polar surface area (TPSA) is 101 Å². The van der Waals surface area contributed by atoms with Gasteiger partial charge in [0.2, 0.25) is 0 Å². The second kappa shape index (κ2) is 6.99. The van der Waals surface area contributed by atoms with Gasteiger partial charge in [0.25, 0.3) is 11.5 Å². The standard InChI is InChI=1S/C12H15N3O4S2/c1-20-4-2-8(11(18)19)14-9(16)7-6-13-12-15(10(7)17)3-5-21-12/h6,8H,2-5H2,1H3,(H,14,16)(H,18,19)/t8-/m1/s1. The third-order valence-corrected chi connectivity index (χ3v) is 4.63. The van der Waals surface area contributed by atoms with E-state index in [2.05, 4.69) is 10.3 Å². The molecule has 1 amide bonds. The molecule has 0 saturated heterocycles. The van der Waals surface area contributed by atoms with Crippen LogP contribution in [0.4, 0.5) is 0 Å². The molecule has 0 aromatic carbocycles. The van der Waals surface area contributed by atoms with Crippen LogP contribution in [0.1, 0.15) is 16.8 Å². The molecule has 1 atom stereocenters. The molecule has 1 aliphatic rings. The highest BCUT2D eigenvalue weighted by Crippen LogP contribution is 2.20. The Morgan fingerprint density at radius 1 is 1.62 bits per heavy atom. The minimum Gasteiger partial charge on any atom is -0.480 e. The van der Waals surface area contributed by atoms with Crippen LogP contribution in [-0.2, 0) is 11.3 Å². The van der Waals surface area contributed by atoms with Crippen LogP contribution in [0.25, 0.3) is 0 Å². The maximum Gasteiger partial charge on any atom is 0.326 e. The Morgan fingerprint density at radius 2 is 2.38 bits per heavy atom. The predicted octanol–water partition coefficient (Wildman–Crippen LogP) is 0.285. The normalized spacial score (nSPS) is 14.5. The van der Waals surface area contributed by atoms with Crippen molar-refractivity contribution in [2.24, 2.45) is 0 Å². The molecule has 0 spiro atoms. The summed E-state index contributed by atoms with van der Waals surface area (Å²) in [4.78, 5) is 39.5. The molecule has 1 aliphatic heterocycles. The number of carboxylic acids is 1. The van der Waals surface area contributed by atoms with Crippen LogP contribution in [0.5, 0.6) is 0 Å². The first kappa shape index (κ1) is 15.9. The number of rotatable bonds is 6. The molecule has 7 nitrogen and oxygen atoms in total. The smallest absolute Gasteiger partial charge is 0.326 e. The Hall–Kier alpha value is -1.48. The Bertz CT molecular complexity index is 617. The molecule has 0 radical (unpaired) electrons. The second-order valence-electron chi connectivity index (χ2n) is 4.41. The van der Waals surface area contributed by atoms with E-state index in [4.69, 9.17) is 5.11 Å². The zero-order valence-corrected chi connectivity index (χ0v) is 13.0. The van der Waals surface area contributed by atoms with Crippen LogP contribution in [0.2, 0.25) is 0 Å². The number of thioether (sulfide) groups is 2.